The number of amides is 1. The minimum atomic E-state index is -3.39. The van der Waals surface area contributed by atoms with E-state index in [-0.39, 0.29) is 22.9 Å². The van der Waals surface area contributed by atoms with E-state index in [9.17, 15) is 13.2 Å². The van der Waals surface area contributed by atoms with Crippen LogP contribution in [0.3, 0.4) is 0 Å². The molecule has 3 rings (SSSR count). The van der Waals surface area contributed by atoms with Crippen LogP contribution in [0.1, 0.15) is 19.3 Å². The Hall–Kier alpha value is -1.60. The molecule has 1 aromatic rings. The number of hydrogen-bond acceptors (Lipinski definition) is 4. The second-order valence-electron chi connectivity index (χ2n) is 5.27. The molecule has 1 aromatic carbocycles. The lowest BCUT2D eigenvalue weighted by Gasteiger charge is -2.12. The van der Waals surface area contributed by atoms with Gasteiger partial charge in [0.05, 0.1) is 10.9 Å². The molecule has 0 spiro atoms. The van der Waals surface area contributed by atoms with Crippen LogP contribution in [0.2, 0.25) is 0 Å². The summed E-state index contributed by atoms with van der Waals surface area (Å²) in [6, 6.07) is 6.78. The van der Waals surface area contributed by atoms with Crippen molar-refractivity contribution in [3.8, 4) is 0 Å². The van der Waals surface area contributed by atoms with Crippen LogP contribution in [0.4, 0.5) is 5.69 Å². The standard InChI is InChI=1S/C13H17N3O3S/c17-13-7-11(8-14-13)15-9-3-5-12(6-4-9)20(18,19)16-10-1-2-10/h3-6,10-11,15-16H,1-2,7-8H2,(H,14,17). The molecule has 1 aliphatic heterocycles. The molecule has 1 saturated carbocycles. The average Bonchev–Trinajstić information content (AvgIpc) is 3.11. The molecule has 0 radical (unpaired) electrons. The summed E-state index contributed by atoms with van der Waals surface area (Å²) in [5.74, 6) is 0.0373. The SMILES string of the molecule is O=C1CC(Nc2ccc(S(=O)(=O)NC3CC3)cc2)CN1. The summed E-state index contributed by atoms with van der Waals surface area (Å²) in [6.07, 6.45) is 2.28. The largest absolute Gasteiger partial charge is 0.380 e. The summed E-state index contributed by atoms with van der Waals surface area (Å²) < 4.78 is 26.6. The number of sulfonamides is 1. The highest BCUT2D eigenvalue weighted by Crippen LogP contribution is 2.23. The van der Waals surface area contributed by atoms with E-state index in [1.165, 1.54) is 0 Å². The van der Waals surface area contributed by atoms with E-state index >= 15 is 0 Å². The van der Waals surface area contributed by atoms with Gasteiger partial charge in [0.15, 0.2) is 0 Å². The molecule has 1 aliphatic carbocycles. The molecule has 2 fully saturated rings. The third-order valence-corrected chi connectivity index (χ3v) is 4.95. The number of anilines is 1. The summed E-state index contributed by atoms with van der Waals surface area (Å²) in [5.41, 5.74) is 0.817. The first-order valence-corrected chi connectivity index (χ1v) is 8.17. The number of nitrogens with one attached hydrogen (secondary N) is 3. The Morgan fingerprint density at radius 2 is 1.80 bits per heavy atom. The summed E-state index contributed by atoms with van der Waals surface area (Å²) in [4.78, 5) is 11.4. The van der Waals surface area contributed by atoms with Gasteiger partial charge >= 0.3 is 0 Å². The van der Waals surface area contributed by atoms with Gasteiger partial charge < -0.3 is 10.6 Å². The van der Waals surface area contributed by atoms with Gasteiger partial charge in [-0.05, 0) is 37.1 Å². The predicted molar refractivity (Wildman–Crippen MR) is 74.8 cm³/mol. The molecule has 1 unspecified atom stereocenters. The van der Waals surface area contributed by atoms with Crippen LogP contribution in [0.25, 0.3) is 0 Å². The van der Waals surface area contributed by atoms with E-state index in [1.807, 2.05) is 0 Å². The lowest BCUT2D eigenvalue weighted by molar-refractivity contribution is -0.119. The summed E-state index contributed by atoms with van der Waals surface area (Å²) >= 11 is 0. The van der Waals surface area contributed by atoms with E-state index in [0.717, 1.165) is 18.5 Å². The van der Waals surface area contributed by atoms with Crippen molar-refractivity contribution >= 4 is 21.6 Å². The molecule has 2 aliphatic rings. The van der Waals surface area contributed by atoms with Crippen molar-refractivity contribution in [2.24, 2.45) is 0 Å². The van der Waals surface area contributed by atoms with Gasteiger partial charge in [-0.2, -0.15) is 0 Å². The molecular weight excluding hydrogens is 278 g/mol. The maximum absolute atomic E-state index is 12.0. The van der Waals surface area contributed by atoms with Gasteiger partial charge in [-0.3, -0.25) is 4.79 Å². The van der Waals surface area contributed by atoms with Crippen molar-refractivity contribution < 1.29 is 13.2 Å². The number of hydrogen-bond donors (Lipinski definition) is 3. The van der Waals surface area contributed by atoms with Crippen LogP contribution in [0.15, 0.2) is 29.2 Å². The first kappa shape index (κ1) is 13.4. The Morgan fingerprint density at radius 1 is 1.10 bits per heavy atom. The van der Waals surface area contributed by atoms with Gasteiger partial charge in [-0.25, -0.2) is 13.1 Å². The molecule has 108 valence electrons. The fraction of sp³-hybridized carbons (Fsp3) is 0.462. The molecule has 1 heterocycles. The predicted octanol–water partition coefficient (Wildman–Crippen LogP) is 0.428. The summed E-state index contributed by atoms with van der Waals surface area (Å²) in [6.45, 7) is 0.599. The zero-order valence-electron chi connectivity index (χ0n) is 10.9. The molecule has 0 bridgehead atoms. The average molecular weight is 295 g/mol. The molecule has 3 N–H and O–H groups in total. The molecule has 20 heavy (non-hydrogen) atoms. The van der Waals surface area contributed by atoms with E-state index in [0.29, 0.717) is 13.0 Å². The molecule has 1 saturated heterocycles. The first-order chi connectivity index (χ1) is 9.53. The highest BCUT2D eigenvalue weighted by Gasteiger charge is 2.28. The smallest absolute Gasteiger partial charge is 0.240 e. The van der Waals surface area contributed by atoms with E-state index in [4.69, 9.17) is 0 Å². The maximum Gasteiger partial charge on any atom is 0.240 e. The number of carbonyl (C=O) groups is 1. The lowest BCUT2D eigenvalue weighted by Crippen LogP contribution is -2.25. The monoisotopic (exact) mass is 295 g/mol. The van der Waals surface area contributed by atoms with Crippen LogP contribution < -0.4 is 15.4 Å². The van der Waals surface area contributed by atoms with Gasteiger partial charge in [0.25, 0.3) is 0 Å². The second kappa shape index (κ2) is 5.06. The second-order valence-corrected chi connectivity index (χ2v) is 6.98. The van der Waals surface area contributed by atoms with Crippen molar-refractivity contribution in [1.29, 1.82) is 0 Å². The highest BCUT2D eigenvalue weighted by molar-refractivity contribution is 7.89. The van der Waals surface area contributed by atoms with E-state index < -0.39 is 10.0 Å². The molecular formula is C13H17N3O3S. The minimum Gasteiger partial charge on any atom is -0.380 e. The van der Waals surface area contributed by atoms with Crippen LogP contribution in [0, 0.1) is 0 Å². The fourth-order valence-electron chi connectivity index (χ4n) is 2.16. The van der Waals surface area contributed by atoms with E-state index in [2.05, 4.69) is 15.4 Å². The maximum atomic E-state index is 12.0. The van der Waals surface area contributed by atoms with Crippen molar-refractivity contribution in [3.63, 3.8) is 0 Å². The van der Waals surface area contributed by atoms with Gasteiger partial charge in [-0.15, -0.1) is 0 Å². The Labute approximate surface area is 118 Å². The Morgan fingerprint density at radius 3 is 2.35 bits per heavy atom. The molecule has 1 amide bonds. The van der Waals surface area contributed by atoms with Crippen LogP contribution in [-0.4, -0.2) is 33.0 Å². The van der Waals surface area contributed by atoms with Crippen LogP contribution in [-0.2, 0) is 14.8 Å². The topological polar surface area (TPSA) is 87.3 Å². The van der Waals surface area contributed by atoms with Gasteiger partial charge in [0.1, 0.15) is 0 Å². The van der Waals surface area contributed by atoms with Gasteiger partial charge in [-0.1, -0.05) is 0 Å². The third-order valence-electron chi connectivity index (χ3n) is 3.41. The van der Waals surface area contributed by atoms with Gasteiger partial charge in [0, 0.05) is 24.7 Å². The number of carbonyl (C=O) groups excluding carboxylic acids is 1. The molecule has 6 nitrogen and oxygen atoms in total. The van der Waals surface area contributed by atoms with E-state index in [1.54, 1.807) is 24.3 Å². The quantitative estimate of drug-likeness (QED) is 0.735. The zero-order chi connectivity index (χ0) is 14.2. The van der Waals surface area contributed by atoms with Crippen molar-refractivity contribution in [2.45, 2.75) is 36.2 Å². The number of rotatable bonds is 5. The Balaban J connectivity index is 1.66. The highest BCUT2D eigenvalue weighted by atomic mass is 32.2. The molecule has 7 heteroatoms. The molecule has 1 atom stereocenters. The summed E-state index contributed by atoms with van der Waals surface area (Å²) in [7, 11) is -3.39. The molecule has 0 aromatic heterocycles. The Kier molecular flexibility index (Phi) is 3.39. The van der Waals surface area contributed by atoms with Gasteiger partial charge in [0.2, 0.25) is 15.9 Å². The summed E-state index contributed by atoms with van der Waals surface area (Å²) in [5, 5.41) is 5.95. The zero-order valence-corrected chi connectivity index (χ0v) is 11.7. The van der Waals surface area contributed by atoms with Crippen LogP contribution in [0.5, 0.6) is 0 Å². The van der Waals surface area contributed by atoms with Crippen molar-refractivity contribution in [1.82, 2.24) is 10.0 Å². The Bertz CT molecular complexity index is 608. The normalized spacial score (nSPS) is 22.6. The van der Waals surface area contributed by atoms with Crippen LogP contribution >= 0.6 is 0 Å². The number of benzene rings is 1. The lowest BCUT2D eigenvalue weighted by atomic mass is 10.2. The minimum absolute atomic E-state index is 0.0373. The van der Waals surface area contributed by atoms with Crippen molar-refractivity contribution in [2.75, 3.05) is 11.9 Å². The first-order valence-electron chi connectivity index (χ1n) is 6.68. The fourth-order valence-corrected chi connectivity index (χ4v) is 3.47. The van der Waals surface area contributed by atoms with Crippen molar-refractivity contribution in [3.05, 3.63) is 24.3 Å². The third kappa shape index (κ3) is 3.10.